The minimum absolute atomic E-state index is 0.0772. The number of aromatic nitrogens is 1. The van der Waals surface area contributed by atoms with Crippen molar-refractivity contribution in [3.63, 3.8) is 0 Å². The van der Waals surface area contributed by atoms with Crippen LogP contribution in [0.25, 0.3) is 5.76 Å². The molecule has 1 aliphatic rings. The molecular formula is C25H22N2O4. The number of rotatable bonds is 5. The van der Waals surface area contributed by atoms with Gasteiger partial charge in [-0.2, -0.15) is 0 Å². The van der Waals surface area contributed by atoms with E-state index in [1.165, 1.54) is 4.90 Å². The number of aliphatic hydroxyl groups excluding tert-OH is 1. The van der Waals surface area contributed by atoms with E-state index in [1.54, 1.807) is 43.8 Å². The number of amides is 1. The number of carbonyl (C=O) groups excluding carboxylic acids is 2. The standard InChI is InChI=1S/C25H22N2O4/c1-16-13-19(31-2)10-11-20(16)23(28)21-22(18-8-4-3-5-9-18)27(25(30)24(21)29)15-17-7-6-12-26-14-17/h3-14,22,28H,15H2,1-2H3/b23-21+/t22-/m1/s1. The Kier molecular flexibility index (Phi) is 5.54. The molecule has 31 heavy (non-hydrogen) atoms. The van der Waals surface area contributed by atoms with Crippen LogP contribution in [0, 0.1) is 6.92 Å². The molecule has 1 fully saturated rings. The molecule has 6 heteroatoms. The number of likely N-dealkylation sites (tertiary alicyclic amines) is 1. The van der Waals surface area contributed by atoms with Crippen LogP contribution in [0.5, 0.6) is 5.75 Å². The normalized spacial score (nSPS) is 17.7. The molecular weight excluding hydrogens is 392 g/mol. The van der Waals surface area contributed by atoms with E-state index in [9.17, 15) is 14.7 Å². The van der Waals surface area contributed by atoms with E-state index in [2.05, 4.69) is 4.98 Å². The topological polar surface area (TPSA) is 79.7 Å². The second-order valence-electron chi connectivity index (χ2n) is 7.38. The van der Waals surface area contributed by atoms with Crippen molar-refractivity contribution in [1.29, 1.82) is 0 Å². The van der Waals surface area contributed by atoms with Crippen molar-refractivity contribution < 1.29 is 19.4 Å². The number of pyridine rings is 1. The largest absolute Gasteiger partial charge is 0.507 e. The van der Waals surface area contributed by atoms with E-state index in [-0.39, 0.29) is 17.9 Å². The van der Waals surface area contributed by atoms with Crippen LogP contribution in [0.2, 0.25) is 0 Å². The molecule has 0 saturated carbocycles. The van der Waals surface area contributed by atoms with Crippen molar-refractivity contribution in [3.05, 3.63) is 101 Å². The lowest BCUT2D eigenvalue weighted by molar-refractivity contribution is -0.140. The van der Waals surface area contributed by atoms with Gasteiger partial charge in [0.2, 0.25) is 0 Å². The van der Waals surface area contributed by atoms with Crippen molar-refractivity contribution in [2.75, 3.05) is 7.11 Å². The summed E-state index contributed by atoms with van der Waals surface area (Å²) >= 11 is 0. The summed E-state index contributed by atoms with van der Waals surface area (Å²) in [6.07, 6.45) is 3.31. The second-order valence-corrected chi connectivity index (χ2v) is 7.38. The van der Waals surface area contributed by atoms with Gasteiger partial charge < -0.3 is 14.7 Å². The smallest absolute Gasteiger partial charge is 0.295 e. The Balaban J connectivity index is 1.86. The van der Waals surface area contributed by atoms with E-state index in [1.807, 2.05) is 43.3 Å². The summed E-state index contributed by atoms with van der Waals surface area (Å²) in [4.78, 5) is 31.7. The first-order chi connectivity index (χ1) is 15.0. The Morgan fingerprint density at radius 1 is 1.10 bits per heavy atom. The molecule has 2 heterocycles. The molecule has 0 unspecified atom stereocenters. The van der Waals surface area contributed by atoms with Crippen molar-refractivity contribution in [2.24, 2.45) is 0 Å². The number of ether oxygens (including phenoxy) is 1. The SMILES string of the molecule is COc1ccc(/C(O)=C2\C(=O)C(=O)N(Cc3cccnc3)[C@@H]2c2ccccc2)c(C)c1. The third kappa shape index (κ3) is 3.80. The van der Waals surface area contributed by atoms with Crippen LogP contribution < -0.4 is 4.74 Å². The minimum Gasteiger partial charge on any atom is -0.507 e. The van der Waals surface area contributed by atoms with Gasteiger partial charge in [-0.05, 0) is 47.9 Å². The van der Waals surface area contributed by atoms with Gasteiger partial charge in [0.05, 0.1) is 18.7 Å². The summed E-state index contributed by atoms with van der Waals surface area (Å²) in [5.41, 5.74) is 2.85. The zero-order valence-electron chi connectivity index (χ0n) is 17.3. The lowest BCUT2D eigenvalue weighted by Gasteiger charge is -2.25. The molecule has 0 radical (unpaired) electrons. The Morgan fingerprint density at radius 3 is 2.52 bits per heavy atom. The highest BCUT2D eigenvalue weighted by Gasteiger charge is 2.46. The van der Waals surface area contributed by atoms with Crippen LogP contribution in [0.4, 0.5) is 0 Å². The first-order valence-electron chi connectivity index (χ1n) is 9.88. The quantitative estimate of drug-likeness (QED) is 0.388. The van der Waals surface area contributed by atoms with Crippen LogP contribution in [0.15, 0.2) is 78.6 Å². The monoisotopic (exact) mass is 414 g/mol. The Labute approximate surface area is 180 Å². The number of hydrogen-bond acceptors (Lipinski definition) is 5. The molecule has 0 aliphatic carbocycles. The van der Waals surface area contributed by atoms with Gasteiger partial charge in [0.1, 0.15) is 11.5 Å². The van der Waals surface area contributed by atoms with E-state index in [4.69, 9.17) is 4.74 Å². The van der Waals surface area contributed by atoms with E-state index in [0.29, 0.717) is 11.3 Å². The molecule has 0 bridgehead atoms. The number of aliphatic hydroxyl groups is 1. The second kappa shape index (κ2) is 8.44. The molecule has 156 valence electrons. The molecule has 0 spiro atoms. The summed E-state index contributed by atoms with van der Waals surface area (Å²) in [5, 5.41) is 11.2. The molecule has 1 aliphatic heterocycles. The summed E-state index contributed by atoms with van der Waals surface area (Å²) < 4.78 is 5.23. The molecule has 1 saturated heterocycles. The maximum atomic E-state index is 13.1. The third-order valence-electron chi connectivity index (χ3n) is 5.42. The Morgan fingerprint density at radius 2 is 1.87 bits per heavy atom. The van der Waals surface area contributed by atoms with Crippen LogP contribution in [-0.4, -0.2) is 33.8 Å². The highest BCUT2D eigenvalue weighted by molar-refractivity contribution is 6.46. The van der Waals surface area contributed by atoms with Crippen LogP contribution in [-0.2, 0) is 16.1 Å². The van der Waals surface area contributed by atoms with Gasteiger partial charge in [0.15, 0.2) is 0 Å². The summed E-state index contributed by atoms with van der Waals surface area (Å²) in [7, 11) is 1.56. The highest BCUT2D eigenvalue weighted by atomic mass is 16.5. The number of carbonyl (C=O) groups is 2. The lowest BCUT2D eigenvalue weighted by atomic mass is 9.94. The predicted octanol–water partition coefficient (Wildman–Crippen LogP) is 4.02. The molecule has 4 rings (SSSR count). The minimum atomic E-state index is -0.706. The van der Waals surface area contributed by atoms with Crippen LogP contribution in [0.1, 0.15) is 28.3 Å². The lowest BCUT2D eigenvalue weighted by Crippen LogP contribution is -2.29. The number of aryl methyl sites for hydroxylation is 1. The molecule has 1 amide bonds. The van der Waals surface area contributed by atoms with Gasteiger partial charge in [0, 0.05) is 24.5 Å². The number of Topliss-reactive ketones (excluding diaryl/α,β-unsaturated/α-hetero) is 1. The fourth-order valence-corrected chi connectivity index (χ4v) is 3.89. The maximum absolute atomic E-state index is 13.1. The average molecular weight is 414 g/mol. The molecule has 1 N–H and O–H groups in total. The molecule has 1 atom stereocenters. The molecule has 2 aromatic carbocycles. The highest BCUT2D eigenvalue weighted by Crippen LogP contribution is 2.40. The fourth-order valence-electron chi connectivity index (χ4n) is 3.89. The van der Waals surface area contributed by atoms with Crippen molar-refractivity contribution in [1.82, 2.24) is 9.88 Å². The first-order valence-corrected chi connectivity index (χ1v) is 9.88. The number of ketones is 1. The van der Waals surface area contributed by atoms with Crippen molar-refractivity contribution in [3.8, 4) is 5.75 Å². The number of methoxy groups -OCH3 is 1. The van der Waals surface area contributed by atoms with E-state index < -0.39 is 17.7 Å². The summed E-state index contributed by atoms with van der Waals surface area (Å²) in [5.74, 6) is -0.900. The van der Waals surface area contributed by atoms with Gasteiger partial charge in [-0.1, -0.05) is 36.4 Å². The Bertz CT molecular complexity index is 1160. The summed E-state index contributed by atoms with van der Waals surface area (Å²) in [6, 6.07) is 17.4. The van der Waals surface area contributed by atoms with Gasteiger partial charge in [-0.25, -0.2) is 0 Å². The van der Waals surface area contributed by atoms with Crippen LogP contribution in [0.3, 0.4) is 0 Å². The fraction of sp³-hybridized carbons (Fsp3) is 0.160. The molecule has 6 nitrogen and oxygen atoms in total. The predicted molar refractivity (Wildman–Crippen MR) is 116 cm³/mol. The molecule has 3 aromatic rings. The summed E-state index contributed by atoms with van der Waals surface area (Å²) in [6.45, 7) is 2.02. The van der Waals surface area contributed by atoms with E-state index >= 15 is 0 Å². The number of benzene rings is 2. The maximum Gasteiger partial charge on any atom is 0.295 e. The van der Waals surface area contributed by atoms with Gasteiger partial charge in [-0.3, -0.25) is 14.6 Å². The number of nitrogens with zero attached hydrogens (tertiary/aromatic N) is 2. The van der Waals surface area contributed by atoms with Crippen molar-refractivity contribution in [2.45, 2.75) is 19.5 Å². The van der Waals surface area contributed by atoms with Crippen LogP contribution >= 0.6 is 0 Å². The van der Waals surface area contributed by atoms with Gasteiger partial charge in [0.25, 0.3) is 11.7 Å². The average Bonchev–Trinajstić information content (AvgIpc) is 3.04. The molecule has 1 aromatic heterocycles. The van der Waals surface area contributed by atoms with E-state index in [0.717, 1.165) is 16.7 Å². The zero-order valence-corrected chi connectivity index (χ0v) is 17.3. The van der Waals surface area contributed by atoms with Gasteiger partial charge in [-0.15, -0.1) is 0 Å². The zero-order chi connectivity index (χ0) is 22.0. The van der Waals surface area contributed by atoms with Gasteiger partial charge >= 0.3 is 0 Å². The Hall–Kier alpha value is -3.93. The van der Waals surface area contributed by atoms with Crippen molar-refractivity contribution >= 4 is 17.4 Å². The number of hydrogen-bond donors (Lipinski definition) is 1. The first kappa shape index (κ1) is 20.3. The third-order valence-corrected chi connectivity index (χ3v) is 5.42.